The molecule has 1 fully saturated rings. The second-order valence-electron chi connectivity index (χ2n) is 3.74. The first-order valence-electron chi connectivity index (χ1n) is 5.06. The Labute approximate surface area is 87.7 Å². The maximum Gasteiger partial charge on any atom is 0.291 e. The van der Waals surface area contributed by atoms with Crippen molar-refractivity contribution in [2.75, 3.05) is 13.2 Å². The Morgan fingerprint density at radius 3 is 3.20 bits per heavy atom. The number of aryl methyl sites for hydroxylation is 1. The summed E-state index contributed by atoms with van der Waals surface area (Å²) in [5.41, 5.74) is 0.601. The first kappa shape index (κ1) is 10.2. The van der Waals surface area contributed by atoms with E-state index in [1.807, 2.05) is 0 Å². The van der Waals surface area contributed by atoms with Crippen LogP contribution >= 0.6 is 0 Å². The average Bonchev–Trinajstić information content (AvgIpc) is 2.84. The van der Waals surface area contributed by atoms with Gasteiger partial charge in [0.05, 0.1) is 18.3 Å². The highest BCUT2D eigenvalue weighted by molar-refractivity contribution is 5.92. The fourth-order valence-electron chi connectivity index (χ4n) is 1.93. The number of oxazole rings is 1. The van der Waals surface area contributed by atoms with Crippen molar-refractivity contribution in [3.8, 4) is 0 Å². The largest absolute Gasteiger partial charge is 0.438 e. The highest BCUT2D eigenvalue weighted by atomic mass is 16.3. The molecule has 5 nitrogen and oxygen atoms in total. The number of rotatable bonds is 2. The quantitative estimate of drug-likeness (QED) is 0.775. The first-order valence-corrected chi connectivity index (χ1v) is 5.06. The molecule has 1 aromatic heterocycles. The van der Waals surface area contributed by atoms with Crippen LogP contribution in [-0.4, -0.2) is 40.1 Å². The average molecular weight is 210 g/mol. The van der Waals surface area contributed by atoms with Gasteiger partial charge in [0.25, 0.3) is 5.91 Å². The van der Waals surface area contributed by atoms with E-state index in [2.05, 4.69) is 4.98 Å². The number of aromatic nitrogens is 1. The molecule has 1 aromatic rings. The van der Waals surface area contributed by atoms with Crippen molar-refractivity contribution in [2.24, 2.45) is 0 Å². The van der Waals surface area contributed by atoms with Crippen LogP contribution in [0.4, 0.5) is 0 Å². The second-order valence-corrected chi connectivity index (χ2v) is 3.74. The molecule has 0 unspecified atom stereocenters. The Bertz CT molecular complexity index is 361. The third-order valence-corrected chi connectivity index (χ3v) is 2.79. The molecular formula is C10H14N2O3. The number of nitrogens with zero attached hydrogens (tertiary/aromatic N) is 2. The lowest BCUT2D eigenvalue weighted by molar-refractivity contribution is 0.0645. The molecule has 0 spiro atoms. The number of likely N-dealkylation sites (tertiary alicyclic amines) is 1. The van der Waals surface area contributed by atoms with Crippen molar-refractivity contribution in [1.29, 1.82) is 0 Å². The van der Waals surface area contributed by atoms with Gasteiger partial charge < -0.3 is 14.4 Å². The molecule has 1 saturated heterocycles. The highest BCUT2D eigenvalue weighted by Crippen LogP contribution is 2.20. The van der Waals surface area contributed by atoms with Crippen molar-refractivity contribution in [3.63, 3.8) is 0 Å². The number of carbonyl (C=O) groups excluding carboxylic acids is 1. The minimum absolute atomic E-state index is 0.0128. The van der Waals surface area contributed by atoms with Crippen LogP contribution in [0.5, 0.6) is 0 Å². The lowest BCUT2D eigenvalue weighted by Crippen LogP contribution is -2.37. The molecule has 2 rings (SSSR count). The van der Waals surface area contributed by atoms with Crippen LogP contribution in [0.25, 0.3) is 0 Å². The molecule has 2 heterocycles. The number of aliphatic hydroxyl groups is 1. The summed E-state index contributed by atoms with van der Waals surface area (Å²) in [5, 5.41) is 9.11. The Hall–Kier alpha value is -1.36. The number of hydrogen-bond acceptors (Lipinski definition) is 4. The zero-order valence-corrected chi connectivity index (χ0v) is 8.64. The first-order chi connectivity index (χ1) is 7.24. The third-order valence-electron chi connectivity index (χ3n) is 2.79. The Morgan fingerprint density at radius 1 is 1.80 bits per heavy atom. The summed E-state index contributed by atoms with van der Waals surface area (Å²) in [6, 6.07) is -0.0676. The monoisotopic (exact) mass is 210 g/mol. The van der Waals surface area contributed by atoms with E-state index in [-0.39, 0.29) is 24.3 Å². The molecule has 1 atom stereocenters. The minimum atomic E-state index is -0.165. The summed E-state index contributed by atoms with van der Waals surface area (Å²) >= 11 is 0. The highest BCUT2D eigenvalue weighted by Gasteiger charge is 2.31. The molecule has 0 radical (unpaired) electrons. The predicted octanol–water partition coefficient (Wildman–Crippen LogP) is 0.580. The van der Waals surface area contributed by atoms with Crippen LogP contribution < -0.4 is 0 Å². The molecular weight excluding hydrogens is 196 g/mol. The summed E-state index contributed by atoms with van der Waals surface area (Å²) in [4.78, 5) is 17.5. The van der Waals surface area contributed by atoms with Gasteiger partial charge in [0.2, 0.25) is 5.76 Å². The summed E-state index contributed by atoms with van der Waals surface area (Å²) in [6.45, 7) is 2.43. The summed E-state index contributed by atoms with van der Waals surface area (Å²) in [5.74, 6) is 0.122. The van der Waals surface area contributed by atoms with E-state index in [1.165, 1.54) is 6.39 Å². The predicted molar refractivity (Wildman–Crippen MR) is 52.4 cm³/mol. The zero-order chi connectivity index (χ0) is 10.8. The fraction of sp³-hybridized carbons (Fsp3) is 0.600. The summed E-state index contributed by atoms with van der Waals surface area (Å²) in [6.07, 6.45) is 3.06. The van der Waals surface area contributed by atoms with Crippen LogP contribution in [-0.2, 0) is 0 Å². The standard InChI is InChI=1S/C10H14N2O3/c1-7-9(15-6-11-7)10(14)12-4-2-3-8(12)5-13/h6,8,13H,2-5H2,1H3/t8-/m1/s1. The van der Waals surface area contributed by atoms with Gasteiger partial charge >= 0.3 is 0 Å². The zero-order valence-electron chi connectivity index (χ0n) is 8.64. The van der Waals surface area contributed by atoms with E-state index in [9.17, 15) is 4.79 Å². The van der Waals surface area contributed by atoms with Gasteiger partial charge in [-0.15, -0.1) is 0 Å². The molecule has 82 valence electrons. The lowest BCUT2D eigenvalue weighted by Gasteiger charge is -2.21. The van der Waals surface area contributed by atoms with E-state index in [0.29, 0.717) is 12.2 Å². The van der Waals surface area contributed by atoms with Crippen molar-refractivity contribution in [3.05, 3.63) is 17.8 Å². The van der Waals surface area contributed by atoms with Gasteiger partial charge in [-0.05, 0) is 19.8 Å². The van der Waals surface area contributed by atoms with Crippen LogP contribution in [0, 0.1) is 6.92 Å². The summed E-state index contributed by atoms with van der Waals surface area (Å²) in [7, 11) is 0. The van der Waals surface area contributed by atoms with Gasteiger partial charge in [0.15, 0.2) is 6.39 Å². The van der Waals surface area contributed by atoms with E-state index >= 15 is 0 Å². The lowest BCUT2D eigenvalue weighted by atomic mass is 10.2. The van der Waals surface area contributed by atoms with Crippen LogP contribution in [0.1, 0.15) is 29.1 Å². The van der Waals surface area contributed by atoms with Gasteiger partial charge in [-0.3, -0.25) is 4.79 Å². The smallest absolute Gasteiger partial charge is 0.291 e. The molecule has 0 aromatic carbocycles. The maximum absolute atomic E-state index is 12.0. The molecule has 1 aliphatic heterocycles. The SMILES string of the molecule is Cc1ncoc1C(=O)N1CCC[C@@H]1CO. The topological polar surface area (TPSA) is 66.6 Å². The molecule has 15 heavy (non-hydrogen) atoms. The minimum Gasteiger partial charge on any atom is -0.438 e. The molecule has 0 bridgehead atoms. The Balaban J connectivity index is 2.18. The number of amides is 1. The van der Waals surface area contributed by atoms with Gasteiger partial charge in [0, 0.05) is 6.54 Å². The third kappa shape index (κ3) is 1.74. The molecule has 0 saturated carbocycles. The van der Waals surface area contributed by atoms with Gasteiger partial charge in [-0.1, -0.05) is 0 Å². The second kappa shape index (κ2) is 4.02. The van der Waals surface area contributed by atoms with Gasteiger partial charge in [-0.2, -0.15) is 0 Å². The van der Waals surface area contributed by atoms with Crippen LogP contribution in [0.15, 0.2) is 10.8 Å². The van der Waals surface area contributed by atoms with Crippen molar-refractivity contribution in [2.45, 2.75) is 25.8 Å². The molecule has 0 aliphatic carbocycles. The molecule has 1 amide bonds. The van der Waals surface area contributed by atoms with Crippen molar-refractivity contribution in [1.82, 2.24) is 9.88 Å². The van der Waals surface area contributed by atoms with Crippen molar-refractivity contribution >= 4 is 5.91 Å². The van der Waals surface area contributed by atoms with Crippen LogP contribution in [0.3, 0.4) is 0 Å². The van der Waals surface area contributed by atoms with Crippen molar-refractivity contribution < 1.29 is 14.3 Å². The maximum atomic E-state index is 12.0. The van der Waals surface area contributed by atoms with E-state index in [1.54, 1.807) is 11.8 Å². The van der Waals surface area contributed by atoms with Crippen LogP contribution in [0.2, 0.25) is 0 Å². The molecule has 1 N–H and O–H groups in total. The Morgan fingerprint density at radius 2 is 2.60 bits per heavy atom. The number of aliphatic hydroxyl groups excluding tert-OH is 1. The Kier molecular flexibility index (Phi) is 2.73. The van der Waals surface area contributed by atoms with E-state index in [0.717, 1.165) is 12.8 Å². The van der Waals surface area contributed by atoms with Gasteiger partial charge in [0.1, 0.15) is 0 Å². The van der Waals surface area contributed by atoms with E-state index in [4.69, 9.17) is 9.52 Å². The number of hydrogen-bond donors (Lipinski definition) is 1. The molecule has 5 heteroatoms. The van der Waals surface area contributed by atoms with E-state index < -0.39 is 0 Å². The van der Waals surface area contributed by atoms with Gasteiger partial charge in [-0.25, -0.2) is 4.98 Å². The fourth-order valence-corrected chi connectivity index (χ4v) is 1.93. The summed E-state index contributed by atoms with van der Waals surface area (Å²) < 4.78 is 5.05. The number of carbonyl (C=O) groups is 1. The molecule has 1 aliphatic rings. The normalized spacial score (nSPS) is 20.9.